The molecule has 1 amide bonds. The minimum atomic E-state index is -0.306. The first-order valence-corrected chi connectivity index (χ1v) is 6.41. The van der Waals surface area contributed by atoms with Gasteiger partial charge in [-0.2, -0.15) is 12.6 Å². The molecular formula is C11H19NO2S. The molecule has 3 atom stereocenters. The minimum absolute atomic E-state index is 0.171. The Hall–Kier alpha value is -0.380. The number of rotatable bonds is 3. The van der Waals surface area contributed by atoms with Gasteiger partial charge in [0.05, 0.1) is 5.88 Å². The van der Waals surface area contributed by atoms with E-state index in [1.54, 1.807) is 0 Å². The molecule has 0 aromatic rings. The van der Waals surface area contributed by atoms with Crippen molar-refractivity contribution in [1.29, 1.82) is 0 Å². The Morgan fingerprint density at radius 1 is 1.60 bits per heavy atom. The fourth-order valence-corrected chi connectivity index (χ4v) is 3.44. The van der Waals surface area contributed by atoms with Crippen LogP contribution >= 0.6 is 12.6 Å². The summed E-state index contributed by atoms with van der Waals surface area (Å²) in [7, 11) is 0. The number of alkyl carbamates (subject to hydrolysis) is 1. The molecule has 2 fully saturated rings. The first kappa shape index (κ1) is 11.1. The number of hydrogen-bond donors (Lipinski definition) is 2. The summed E-state index contributed by atoms with van der Waals surface area (Å²) in [6.45, 7) is 2.12. The number of thiol groups is 1. The molecule has 1 N–H and O–H groups in total. The van der Waals surface area contributed by atoms with Crippen LogP contribution < -0.4 is 5.32 Å². The number of hydrogen-bond acceptors (Lipinski definition) is 3. The van der Waals surface area contributed by atoms with Crippen LogP contribution in [0.4, 0.5) is 4.79 Å². The van der Waals surface area contributed by atoms with Crippen LogP contribution in [0.3, 0.4) is 0 Å². The van der Waals surface area contributed by atoms with Crippen LogP contribution in [0.25, 0.3) is 0 Å². The average Bonchev–Trinajstić information content (AvgIpc) is 2.78. The third-order valence-electron chi connectivity index (χ3n) is 4.04. The van der Waals surface area contributed by atoms with E-state index in [-0.39, 0.29) is 11.7 Å². The Balaban J connectivity index is 2.00. The molecule has 0 aromatic carbocycles. The highest BCUT2D eigenvalue weighted by Gasteiger charge is 2.52. The molecule has 0 saturated heterocycles. The van der Waals surface area contributed by atoms with Gasteiger partial charge in [0.15, 0.2) is 0 Å². The van der Waals surface area contributed by atoms with Crippen LogP contribution in [-0.2, 0) is 4.74 Å². The second-order valence-electron chi connectivity index (χ2n) is 4.72. The Morgan fingerprint density at radius 3 is 2.87 bits per heavy atom. The maximum atomic E-state index is 11.5. The molecule has 2 saturated carbocycles. The maximum absolute atomic E-state index is 11.5. The lowest BCUT2D eigenvalue weighted by Crippen LogP contribution is -2.42. The standard InChI is InChI=1S/C11H19NO2S/c1-2-11(14-10(13)12-7-15)6-8-3-4-9(11)5-8/h8-9,15H,2-7H2,1H3,(H,12,13). The molecule has 0 heterocycles. The topological polar surface area (TPSA) is 38.3 Å². The highest BCUT2D eigenvalue weighted by Crippen LogP contribution is 2.53. The van der Waals surface area contributed by atoms with Crippen molar-refractivity contribution in [3.05, 3.63) is 0 Å². The summed E-state index contributed by atoms with van der Waals surface area (Å²) < 4.78 is 5.62. The van der Waals surface area contributed by atoms with Gasteiger partial charge in [0, 0.05) is 0 Å². The van der Waals surface area contributed by atoms with Gasteiger partial charge in [-0.1, -0.05) is 6.92 Å². The van der Waals surface area contributed by atoms with Crippen molar-refractivity contribution in [3.8, 4) is 0 Å². The molecule has 86 valence electrons. The Bertz CT molecular complexity index is 259. The fourth-order valence-electron chi connectivity index (χ4n) is 3.31. The molecule has 3 unspecified atom stereocenters. The highest BCUT2D eigenvalue weighted by molar-refractivity contribution is 7.80. The lowest BCUT2D eigenvalue weighted by Gasteiger charge is -2.36. The summed E-state index contributed by atoms with van der Waals surface area (Å²) in [5, 5.41) is 2.59. The summed E-state index contributed by atoms with van der Waals surface area (Å²) in [5.74, 6) is 1.73. The number of ether oxygens (including phenoxy) is 1. The second-order valence-corrected chi connectivity index (χ2v) is 5.04. The van der Waals surface area contributed by atoms with E-state index in [2.05, 4.69) is 24.9 Å². The molecule has 0 spiro atoms. The molecule has 15 heavy (non-hydrogen) atoms. The van der Waals surface area contributed by atoms with Crippen molar-refractivity contribution in [1.82, 2.24) is 5.32 Å². The maximum Gasteiger partial charge on any atom is 0.408 e. The van der Waals surface area contributed by atoms with Gasteiger partial charge in [-0.25, -0.2) is 4.79 Å². The van der Waals surface area contributed by atoms with Crippen LogP contribution in [0, 0.1) is 11.8 Å². The van der Waals surface area contributed by atoms with E-state index in [0.29, 0.717) is 11.8 Å². The largest absolute Gasteiger partial charge is 0.443 e. The predicted molar refractivity (Wildman–Crippen MR) is 61.9 cm³/mol. The third-order valence-corrected chi connectivity index (χ3v) is 4.20. The molecule has 0 radical (unpaired) electrons. The zero-order valence-electron chi connectivity index (χ0n) is 9.16. The molecule has 2 aliphatic rings. The van der Waals surface area contributed by atoms with Crippen LogP contribution in [0.15, 0.2) is 0 Å². The predicted octanol–water partition coefficient (Wildman–Crippen LogP) is 2.57. The van der Waals surface area contributed by atoms with Gasteiger partial charge in [0.2, 0.25) is 0 Å². The number of nitrogens with one attached hydrogen (secondary N) is 1. The number of carbonyl (C=O) groups is 1. The SMILES string of the molecule is CCC1(OC(=O)NCS)CC2CCC1C2. The Kier molecular flexibility index (Phi) is 3.14. The molecular weight excluding hydrogens is 210 g/mol. The quantitative estimate of drug-likeness (QED) is 0.576. The smallest absolute Gasteiger partial charge is 0.408 e. The van der Waals surface area contributed by atoms with E-state index >= 15 is 0 Å². The zero-order chi connectivity index (χ0) is 10.9. The second kappa shape index (κ2) is 4.24. The van der Waals surface area contributed by atoms with Gasteiger partial charge in [-0.05, 0) is 43.9 Å². The first-order valence-electron chi connectivity index (χ1n) is 5.78. The molecule has 2 bridgehead atoms. The molecule has 2 aliphatic carbocycles. The number of fused-ring (bicyclic) bond motifs is 2. The molecule has 0 aromatic heterocycles. The summed E-state index contributed by atoms with van der Waals surface area (Å²) in [4.78, 5) is 11.5. The van der Waals surface area contributed by atoms with Crippen molar-refractivity contribution in [2.24, 2.45) is 11.8 Å². The van der Waals surface area contributed by atoms with Crippen LogP contribution in [0.1, 0.15) is 39.0 Å². The lowest BCUT2D eigenvalue weighted by atomic mass is 9.82. The van der Waals surface area contributed by atoms with E-state index in [1.807, 2.05) is 0 Å². The summed E-state index contributed by atoms with van der Waals surface area (Å²) in [6, 6.07) is 0. The van der Waals surface area contributed by atoms with Crippen molar-refractivity contribution >= 4 is 18.7 Å². The van der Waals surface area contributed by atoms with Gasteiger partial charge in [-0.15, -0.1) is 0 Å². The van der Waals surface area contributed by atoms with Crippen molar-refractivity contribution in [2.75, 3.05) is 5.88 Å². The Morgan fingerprint density at radius 2 is 2.40 bits per heavy atom. The summed E-state index contributed by atoms with van der Waals surface area (Å²) >= 11 is 3.96. The number of carbonyl (C=O) groups excluding carboxylic acids is 1. The summed E-state index contributed by atoms with van der Waals surface area (Å²) in [6.07, 6.45) is 5.50. The number of amides is 1. The lowest BCUT2D eigenvalue weighted by molar-refractivity contribution is -0.0327. The molecule has 0 aliphatic heterocycles. The van der Waals surface area contributed by atoms with E-state index < -0.39 is 0 Å². The zero-order valence-corrected chi connectivity index (χ0v) is 10.1. The van der Waals surface area contributed by atoms with Crippen LogP contribution in [0.2, 0.25) is 0 Å². The molecule has 2 rings (SSSR count). The van der Waals surface area contributed by atoms with Gasteiger partial charge in [0.25, 0.3) is 0 Å². The van der Waals surface area contributed by atoms with Gasteiger partial charge >= 0.3 is 6.09 Å². The van der Waals surface area contributed by atoms with E-state index in [1.165, 1.54) is 19.3 Å². The van der Waals surface area contributed by atoms with E-state index in [0.717, 1.165) is 18.8 Å². The van der Waals surface area contributed by atoms with Crippen LogP contribution in [0.5, 0.6) is 0 Å². The highest BCUT2D eigenvalue weighted by atomic mass is 32.1. The summed E-state index contributed by atoms with van der Waals surface area (Å²) in [5.41, 5.74) is -0.171. The average molecular weight is 229 g/mol. The first-order chi connectivity index (χ1) is 7.20. The molecule has 4 heteroatoms. The van der Waals surface area contributed by atoms with Crippen molar-refractivity contribution < 1.29 is 9.53 Å². The van der Waals surface area contributed by atoms with Crippen LogP contribution in [-0.4, -0.2) is 17.6 Å². The fraction of sp³-hybridized carbons (Fsp3) is 0.909. The third kappa shape index (κ3) is 1.96. The van der Waals surface area contributed by atoms with Gasteiger partial charge < -0.3 is 10.1 Å². The van der Waals surface area contributed by atoms with Crippen molar-refractivity contribution in [2.45, 2.75) is 44.6 Å². The van der Waals surface area contributed by atoms with Gasteiger partial charge in [0.1, 0.15) is 5.60 Å². The van der Waals surface area contributed by atoms with Gasteiger partial charge in [-0.3, -0.25) is 0 Å². The monoisotopic (exact) mass is 229 g/mol. The minimum Gasteiger partial charge on any atom is -0.443 e. The van der Waals surface area contributed by atoms with E-state index in [4.69, 9.17) is 4.74 Å². The van der Waals surface area contributed by atoms with Crippen molar-refractivity contribution in [3.63, 3.8) is 0 Å². The Labute approximate surface area is 96.4 Å². The molecule has 3 nitrogen and oxygen atoms in total. The normalized spacial score (nSPS) is 38.0. The van der Waals surface area contributed by atoms with E-state index in [9.17, 15) is 4.79 Å².